The number of nitrogens with zero attached hydrogens (tertiary/aromatic N) is 7. The predicted molar refractivity (Wildman–Crippen MR) is 113 cm³/mol. The van der Waals surface area contributed by atoms with Crippen LogP contribution >= 0.6 is 0 Å². The van der Waals surface area contributed by atoms with E-state index in [4.69, 9.17) is 0 Å². The molecule has 3 heterocycles. The standard InChI is InChI=1S/C21H24N8O/c1-12-6-7-17(11-19(12)29-16(5)24-26-27-29)23-21(30)9-8-18-14(3)22-20-10-13(2)25-28(20)15(18)4/h6-7,10-11H,8-9H2,1-5H3,(H,23,30). The largest absolute Gasteiger partial charge is 0.326 e. The number of hydrogen-bond acceptors (Lipinski definition) is 6. The van der Waals surface area contributed by atoms with E-state index < -0.39 is 0 Å². The van der Waals surface area contributed by atoms with Gasteiger partial charge in [-0.15, -0.1) is 5.10 Å². The third-order valence-electron chi connectivity index (χ3n) is 5.23. The average Bonchev–Trinajstić information content (AvgIpc) is 3.28. The van der Waals surface area contributed by atoms with E-state index in [1.165, 1.54) is 0 Å². The molecule has 1 aromatic carbocycles. The molecule has 0 fully saturated rings. The molecule has 0 radical (unpaired) electrons. The van der Waals surface area contributed by atoms with Crippen LogP contribution in [0.25, 0.3) is 11.3 Å². The number of amides is 1. The van der Waals surface area contributed by atoms with Crippen LogP contribution in [-0.2, 0) is 11.2 Å². The molecule has 30 heavy (non-hydrogen) atoms. The van der Waals surface area contributed by atoms with Gasteiger partial charge in [-0.2, -0.15) is 9.78 Å². The molecule has 0 saturated heterocycles. The average molecular weight is 404 g/mol. The van der Waals surface area contributed by atoms with Crippen LogP contribution < -0.4 is 5.32 Å². The van der Waals surface area contributed by atoms with Gasteiger partial charge in [-0.05, 0) is 74.7 Å². The fraction of sp³-hybridized carbons (Fsp3) is 0.333. The topological polar surface area (TPSA) is 103 Å². The maximum atomic E-state index is 12.6. The normalized spacial score (nSPS) is 11.2. The summed E-state index contributed by atoms with van der Waals surface area (Å²) in [6, 6.07) is 7.66. The number of rotatable bonds is 5. The second-order valence-corrected chi connectivity index (χ2v) is 7.50. The van der Waals surface area contributed by atoms with Gasteiger partial charge in [-0.25, -0.2) is 9.50 Å². The molecular formula is C21H24N8O. The molecular weight excluding hydrogens is 380 g/mol. The summed E-state index contributed by atoms with van der Waals surface area (Å²) in [6.07, 6.45) is 0.943. The van der Waals surface area contributed by atoms with Gasteiger partial charge < -0.3 is 5.32 Å². The molecule has 0 unspecified atom stereocenters. The quantitative estimate of drug-likeness (QED) is 0.549. The van der Waals surface area contributed by atoms with Crippen LogP contribution in [0, 0.1) is 34.6 Å². The van der Waals surface area contributed by atoms with Crippen molar-refractivity contribution in [2.75, 3.05) is 5.32 Å². The third-order valence-corrected chi connectivity index (χ3v) is 5.23. The molecule has 0 spiro atoms. The van der Waals surface area contributed by atoms with Gasteiger partial charge in [0.1, 0.15) is 0 Å². The monoisotopic (exact) mass is 404 g/mol. The molecule has 9 nitrogen and oxygen atoms in total. The molecule has 0 saturated carbocycles. The molecule has 1 N–H and O–H groups in total. The lowest BCUT2D eigenvalue weighted by molar-refractivity contribution is -0.116. The van der Waals surface area contributed by atoms with E-state index >= 15 is 0 Å². The molecule has 0 bridgehead atoms. The molecule has 3 aromatic heterocycles. The Morgan fingerprint density at radius 2 is 1.90 bits per heavy atom. The first kappa shape index (κ1) is 19.7. The number of benzene rings is 1. The first-order valence-corrected chi connectivity index (χ1v) is 9.82. The Labute approximate surface area is 174 Å². The smallest absolute Gasteiger partial charge is 0.224 e. The summed E-state index contributed by atoms with van der Waals surface area (Å²) in [5.41, 5.74) is 7.32. The Morgan fingerprint density at radius 1 is 1.10 bits per heavy atom. The highest BCUT2D eigenvalue weighted by molar-refractivity contribution is 5.91. The van der Waals surface area contributed by atoms with E-state index in [0.29, 0.717) is 24.4 Å². The second kappa shape index (κ2) is 7.66. The molecule has 9 heteroatoms. The molecule has 0 atom stereocenters. The van der Waals surface area contributed by atoms with Crippen molar-refractivity contribution >= 4 is 17.2 Å². The zero-order chi connectivity index (χ0) is 21.4. The summed E-state index contributed by atoms with van der Waals surface area (Å²) < 4.78 is 3.50. The van der Waals surface area contributed by atoms with E-state index in [9.17, 15) is 4.79 Å². The van der Waals surface area contributed by atoms with E-state index in [0.717, 1.165) is 39.5 Å². The van der Waals surface area contributed by atoms with Crippen molar-refractivity contribution in [2.24, 2.45) is 0 Å². The first-order chi connectivity index (χ1) is 14.3. The Kier molecular flexibility index (Phi) is 5.03. The minimum atomic E-state index is -0.0613. The lowest BCUT2D eigenvalue weighted by Gasteiger charge is -2.12. The summed E-state index contributed by atoms with van der Waals surface area (Å²) in [5.74, 6) is 0.623. The molecule has 0 aliphatic rings. The number of carbonyl (C=O) groups excluding carboxylic acids is 1. The maximum Gasteiger partial charge on any atom is 0.224 e. The van der Waals surface area contributed by atoms with Gasteiger partial charge in [-0.3, -0.25) is 4.79 Å². The van der Waals surface area contributed by atoms with Crippen LogP contribution in [0.2, 0.25) is 0 Å². The Hall–Kier alpha value is -3.62. The van der Waals surface area contributed by atoms with Crippen LogP contribution in [0.3, 0.4) is 0 Å². The molecule has 1 amide bonds. The zero-order valence-corrected chi connectivity index (χ0v) is 17.8. The lowest BCUT2D eigenvalue weighted by atomic mass is 10.1. The number of carbonyl (C=O) groups is 1. The van der Waals surface area contributed by atoms with Gasteiger partial charge in [0.2, 0.25) is 5.91 Å². The van der Waals surface area contributed by atoms with E-state index in [1.54, 1.807) is 4.68 Å². The minimum absolute atomic E-state index is 0.0613. The fourth-order valence-electron chi connectivity index (χ4n) is 3.63. The molecule has 154 valence electrons. The highest BCUT2D eigenvalue weighted by Gasteiger charge is 2.14. The summed E-state index contributed by atoms with van der Waals surface area (Å²) in [6.45, 7) is 9.75. The molecule has 4 rings (SSSR count). The predicted octanol–water partition coefficient (Wildman–Crippen LogP) is 2.82. The molecule has 0 aliphatic heterocycles. The van der Waals surface area contributed by atoms with Crippen LogP contribution in [0.1, 0.15) is 40.5 Å². The summed E-state index contributed by atoms with van der Waals surface area (Å²) in [5, 5.41) is 19.1. The van der Waals surface area contributed by atoms with Crippen LogP contribution in [0.5, 0.6) is 0 Å². The van der Waals surface area contributed by atoms with Gasteiger partial charge in [0.05, 0.1) is 11.4 Å². The minimum Gasteiger partial charge on any atom is -0.326 e. The van der Waals surface area contributed by atoms with E-state index in [1.807, 2.05) is 63.4 Å². The maximum absolute atomic E-state index is 12.6. The fourth-order valence-corrected chi connectivity index (χ4v) is 3.63. The van der Waals surface area contributed by atoms with Crippen molar-refractivity contribution in [3.05, 3.63) is 58.3 Å². The van der Waals surface area contributed by atoms with Gasteiger partial charge >= 0.3 is 0 Å². The first-order valence-electron chi connectivity index (χ1n) is 9.82. The van der Waals surface area contributed by atoms with Crippen molar-refractivity contribution in [2.45, 2.75) is 47.5 Å². The number of anilines is 1. The van der Waals surface area contributed by atoms with E-state index in [-0.39, 0.29) is 5.91 Å². The van der Waals surface area contributed by atoms with Gasteiger partial charge in [0, 0.05) is 29.6 Å². The number of fused-ring (bicyclic) bond motifs is 1. The SMILES string of the molecule is Cc1cc2nc(C)c(CCC(=O)Nc3ccc(C)c(-n4nnnc4C)c3)c(C)n2n1. The van der Waals surface area contributed by atoms with Crippen LogP contribution in [0.15, 0.2) is 24.3 Å². The van der Waals surface area contributed by atoms with Crippen molar-refractivity contribution in [1.82, 2.24) is 34.8 Å². The Balaban J connectivity index is 1.50. The van der Waals surface area contributed by atoms with Crippen molar-refractivity contribution in [1.29, 1.82) is 0 Å². The lowest BCUT2D eigenvalue weighted by Crippen LogP contribution is -2.15. The van der Waals surface area contributed by atoms with Gasteiger partial charge in [0.25, 0.3) is 0 Å². The van der Waals surface area contributed by atoms with Gasteiger partial charge in [0.15, 0.2) is 11.5 Å². The Bertz CT molecular complexity index is 1250. The van der Waals surface area contributed by atoms with Crippen LogP contribution in [0.4, 0.5) is 5.69 Å². The van der Waals surface area contributed by atoms with Crippen LogP contribution in [-0.4, -0.2) is 40.7 Å². The van der Waals surface area contributed by atoms with Crippen molar-refractivity contribution in [3.8, 4) is 5.69 Å². The van der Waals surface area contributed by atoms with Crippen molar-refractivity contribution in [3.63, 3.8) is 0 Å². The Morgan fingerprint density at radius 3 is 2.63 bits per heavy atom. The summed E-state index contributed by atoms with van der Waals surface area (Å²) >= 11 is 0. The number of hydrogen-bond donors (Lipinski definition) is 1. The molecule has 4 aromatic rings. The summed E-state index contributed by atoms with van der Waals surface area (Å²) in [7, 11) is 0. The number of tetrazole rings is 1. The number of aromatic nitrogens is 7. The van der Waals surface area contributed by atoms with Crippen molar-refractivity contribution < 1.29 is 4.79 Å². The summed E-state index contributed by atoms with van der Waals surface area (Å²) in [4.78, 5) is 17.2. The number of nitrogens with one attached hydrogen (secondary N) is 1. The third kappa shape index (κ3) is 3.66. The highest BCUT2D eigenvalue weighted by atomic mass is 16.1. The zero-order valence-electron chi connectivity index (χ0n) is 17.8. The van der Waals surface area contributed by atoms with E-state index in [2.05, 4.69) is 30.9 Å². The molecule has 0 aliphatic carbocycles. The highest BCUT2D eigenvalue weighted by Crippen LogP contribution is 2.21. The van der Waals surface area contributed by atoms with Gasteiger partial charge in [-0.1, -0.05) is 6.07 Å². The number of aryl methyl sites for hydroxylation is 5. The second-order valence-electron chi connectivity index (χ2n) is 7.50.